The molecule has 0 unspecified atom stereocenters. The Morgan fingerprint density at radius 3 is 2.81 bits per heavy atom. The van der Waals surface area contributed by atoms with E-state index in [9.17, 15) is 9.59 Å². The fraction of sp³-hybridized carbons (Fsp3) is 0.0588. The summed E-state index contributed by atoms with van der Waals surface area (Å²) in [6.45, 7) is 0. The summed E-state index contributed by atoms with van der Waals surface area (Å²) >= 11 is 2.63. The maximum absolute atomic E-state index is 12.4. The van der Waals surface area contributed by atoms with E-state index in [0.717, 1.165) is 21.6 Å². The average Bonchev–Trinajstić information content (AvgIpc) is 3.32. The summed E-state index contributed by atoms with van der Waals surface area (Å²) in [5, 5.41) is 8.32. The van der Waals surface area contributed by atoms with Gasteiger partial charge in [-0.3, -0.25) is 14.9 Å². The van der Waals surface area contributed by atoms with Gasteiger partial charge < -0.3 is 10.7 Å². The first-order valence-electron chi connectivity index (χ1n) is 7.66. The van der Waals surface area contributed by atoms with E-state index in [1.807, 2.05) is 30.3 Å². The van der Waals surface area contributed by atoms with Crippen LogP contribution in [-0.4, -0.2) is 26.8 Å². The van der Waals surface area contributed by atoms with Gasteiger partial charge >= 0.3 is 0 Å². The number of nitrogens with one attached hydrogen (secondary N) is 2. The van der Waals surface area contributed by atoms with Crippen LogP contribution in [0.15, 0.2) is 41.1 Å². The van der Waals surface area contributed by atoms with Gasteiger partial charge in [0.2, 0.25) is 5.91 Å². The standard InChI is InChI=1S/C17H13N5O2S2/c18-14(23)6-10-7-26-17(19-10)22-15(24)13-8-25-16(21-13)12-5-9-3-1-2-4-11(9)20-12/h1-5,7-8,20H,6H2,(H2,18,23)(H,19,22,24). The number of H-pyrrole nitrogens is 1. The first-order chi connectivity index (χ1) is 12.6. The van der Waals surface area contributed by atoms with Crippen LogP contribution >= 0.6 is 22.7 Å². The lowest BCUT2D eigenvalue weighted by molar-refractivity contribution is -0.117. The van der Waals surface area contributed by atoms with Gasteiger partial charge in [0.05, 0.1) is 17.8 Å². The predicted molar refractivity (Wildman–Crippen MR) is 102 cm³/mol. The molecule has 3 aromatic heterocycles. The second-order valence-corrected chi connectivity index (χ2v) is 7.27. The molecule has 0 saturated heterocycles. The summed E-state index contributed by atoms with van der Waals surface area (Å²) in [4.78, 5) is 35.1. The summed E-state index contributed by atoms with van der Waals surface area (Å²) in [6.07, 6.45) is 0.0492. The fourth-order valence-electron chi connectivity index (χ4n) is 2.48. The van der Waals surface area contributed by atoms with Gasteiger partial charge in [0.15, 0.2) is 5.13 Å². The van der Waals surface area contributed by atoms with Crippen molar-refractivity contribution in [2.75, 3.05) is 5.32 Å². The highest BCUT2D eigenvalue weighted by Gasteiger charge is 2.15. The highest BCUT2D eigenvalue weighted by Crippen LogP contribution is 2.27. The first kappa shape index (κ1) is 16.4. The van der Waals surface area contributed by atoms with Gasteiger partial charge in [0.1, 0.15) is 10.7 Å². The number of nitrogens with two attached hydrogens (primary N) is 1. The van der Waals surface area contributed by atoms with E-state index < -0.39 is 5.91 Å². The number of aromatic amines is 1. The zero-order valence-electron chi connectivity index (χ0n) is 13.4. The zero-order chi connectivity index (χ0) is 18.1. The summed E-state index contributed by atoms with van der Waals surface area (Å²) < 4.78 is 0. The molecule has 0 saturated carbocycles. The van der Waals surface area contributed by atoms with Crippen molar-refractivity contribution < 1.29 is 9.59 Å². The van der Waals surface area contributed by atoms with Gasteiger partial charge in [-0.2, -0.15) is 0 Å². The van der Waals surface area contributed by atoms with E-state index >= 15 is 0 Å². The van der Waals surface area contributed by atoms with Crippen molar-refractivity contribution >= 4 is 50.5 Å². The molecule has 0 atom stereocenters. The van der Waals surface area contributed by atoms with E-state index in [1.54, 1.807) is 10.8 Å². The minimum atomic E-state index is -0.462. The number of thiazole rings is 2. The third kappa shape index (κ3) is 3.35. The monoisotopic (exact) mass is 383 g/mol. The molecule has 4 aromatic rings. The van der Waals surface area contributed by atoms with Crippen LogP contribution in [0.3, 0.4) is 0 Å². The summed E-state index contributed by atoms with van der Waals surface area (Å²) in [5.41, 5.74) is 7.88. The topological polar surface area (TPSA) is 114 Å². The Morgan fingerprint density at radius 2 is 2.00 bits per heavy atom. The number of amides is 2. The van der Waals surface area contributed by atoms with Crippen LogP contribution in [0.2, 0.25) is 0 Å². The van der Waals surface area contributed by atoms with E-state index in [0.29, 0.717) is 16.5 Å². The quantitative estimate of drug-likeness (QED) is 0.491. The molecular weight excluding hydrogens is 370 g/mol. The minimum Gasteiger partial charge on any atom is -0.369 e. The van der Waals surface area contributed by atoms with Gasteiger partial charge in [-0.15, -0.1) is 22.7 Å². The normalized spacial score (nSPS) is 10.9. The summed E-state index contributed by atoms with van der Waals surface area (Å²) in [7, 11) is 0. The van der Waals surface area contributed by atoms with Crippen LogP contribution in [0.1, 0.15) is 16.2 Å². The van der Waals surface area contributed by atoms with Crippen LogP contribution < -0.4 is 11.1 Å². The fourth-order valence-corrected chi connectivity index (χ4v) is 3.95. The van der Waals surface area contributed by atoms with E-state index in [1.165, 1.54) is 22.7 Å². The molecule has 2 amide bonds. The maximum Gasteiger partial charge on any atom is 0.276 e. The molecule has 3 heterocycles. The largest absolute Gasteiger partial charge is 0.369 e. The zero-order valence-corrected chi connectivity index (χ0v) is 15.0. The van der Waals surface area contributed by atoms with Crippen molar-refractivity contribution in [2.45, 2.75) is 6.42 Å². The Morgan fingerprint density at radius 1 is 1.15 bits per heavy atom. The Labute approximate surface area is 155 Å². The Balaban J connectivity index is 1.51. The van der Waals surface area contributed by atoms with E-state index in [4.69, 9.17) is 5.73 Å². The Hall–Kier alpha value is -3.04. The van der Waals surface area contributed by atoms with Gasteiger partial charge in [-0.1, -0.05) is 18.2 Å². The van der Waals surface area contributed by atoms with Crippen molar-refractivity contribution in [2.24, 2.45) is 5.73 Å². The number of para-hydroxylation sites is 1. The molecule has 26 heavy (non-hydrogen) atoms. The molecule has 0 radical (unpaired) electrons. The lowest BCUT2D eigenvalue weighted by Gasteiger charge is -1.97. The van der Waals surface area contributed by atoms with Gasteiger partial charge in [0, 0.05) is 21.7 Å². The van der Waals surface area contributed by atoms with Gasteiger partial charge in [-0.25, -0.2) is 9.97 Å². The number of hydrogen-bond donors (Lipinski definition) is 3. The number of primary amides is 1. The first-order valence-corrected chi connectivity index (χ1v) is 9.42. The molecule has 0 fully saturated rings. The van der Waals surface area contributed by atoms with Crippen LogP contribution in [0.5, 0.6) is 0 Å². The van der Waals surface area contributed by atoms with Crippen molar-refractivity contribution in [3.8, 4) is 10.7 Å². The van der Waals surface area contributed by atoms with Crippen LogP contribution in [0.4, 0.5) is 5.13 Å². The highest BCUT2D eigenvalue weighted by molar-refractivity contribution is 7.14. The smallest absolute Gasteiger partial charge is 0.276 e. The molecule has 7 nitrogen and oxygen atoms in total. The number of rotatable bonds is 5. The second-order valence-electron chi connectivity index (χ2n) is 5.55. The molecule has 4 rings (SSSR count). The molecule has 130 valence electrons. The van der Waals surface area contributed by atoms with Gasteiger partial charge in [0.25, 0.3) is 5.91 Å². The van der Waals surface area contributed by atoms with Crippen molar-refractivity contribution in [1.29, 1.82) is 0 Å². The van der Waals surface area contributed by atoms with Crippen LogP contribution in [-0.2, 0) is 11.2 Å². The number of anilines is 1. The van der Waals surface area contributed by atoms with E-state index in [2.05, 4.69) is 20.3 Å². The van der Waals surface area contributed by atoms with Gasteiger partial charge in [-0.05, 0) is 12.1 Å². The molecule has 0 aliphatic heterocycles. The SMILES string of the molecule is NC(=O)Cc1csc(NC(=O)c2csc(-c3cc4ccccc4[nH]3)n2)n1. The predicted octanol–water partition coefficient (Wildman–Crippen LogP) is 3.03. The molecule has 4 N–H and O–H groups in total. The molecule has 0 aliphatic carbocycles. The molecule has 1 aromatic carbocycles. The second kappa shape index (κ2) is 6.70. The maximum atomic E-state index is 12.4. The number of aromatic nitrogens is 3. The number of carbonyl (C=O) groups is 2. The Bertz CT molecular complexity index is 1080. The van der Waals surface area contributed by atoms with Crippen LogP contribution in [0, 0.1) is 0 Å². The molecule has 9 heteroatoms. The molecule has 0 aliphatic rings. The number of benzene rings is 1. The Kier molecular flexibility index (Phi) is 4.23. The average molecular weight is 383 g/mol. The van der Waals surface area contributed by atoms with E-state index in [-0.39, 0.29) is 12.3 Å². The summed E-state index contributed by atoms with van der Waals surface area (Å²) in [6, 6.07) is 9.95. The number of hydrogen-bond acceptors (Lipinski definition) is 6. The highest BCUT2D eigenvalue weighted by atomic mass is 32.1. The number of carbonyl (C=O) groups excluding carboxylic acids is 2. The van der Waals surface area contributed by atoms with Crippen molar-refractivity contribution in [3.63, 3.8) is 0 Å². The van der Waals surface area contributed by atoms with Crippen molar-refractivity contribution in [1.82, 2.24) is 15.0 Å². The molecular formula is C17H13N5O2S2. The lowest BCUT2D eigenvalue weighted by atomic mass is 10.2. The number of fused-ring (bicyclic) bond motifs is 1. The third-order valence-corrected chi connectivity index (χ3v) is 5.31. The molecule has 0 spiro atoms. The summed E-state index contributed by atoms with van der Waals surface area (Å²) in [5.74, 6) is -0.806. The van der Waals surface area contributed by atoms with Crippen molar-refractivity contribution in [3.05, 3.63) is 52.5 Å². The molecule has 0 bridgehead atoms. The third-order valence-electron chi connectivity index (χ3n) is 3.62. The van der Waals surface area contributed by atoms with Crippen LogP contribution in [0.25, 0.3) is 21.6 Å². The number of nitrogens with zero attached hydrogens (tertiary/aromatic N) is 2. The minimum absolute atomic E-state index is 0.0492. The lowest BCUT2D eigenvalue weighted by Crippen LogP contribution is -2.14.